The van der Waals surface area contributed by atoms with Crippen molar-refractivity contribution in [1.29, 1.82) is 0 Å². The number of nitrogens with zero attached hydrogens (tertiary/aromatic N) is 1. The molecule has 2 aromatic rings. The molecule has 110 valence electrons. The van der Waals surface area contributed by atoms with Crippen LogP contribution in [0.2, 0.25) is 5.02 Å². The predicted octanol–water partition coefficient (Wildman–Crippen LogP) is 4.41. The SMILES string of the molecule is CSc1ccc(/C=C2\N=C(c3cccc(Cl)c3)OC2=O)cc1. The third-order valence-corrected chi connectivity index (χ3v) is 4.09. The van der Waals surface area contributed by atoms with Gasteiger partial charge in [0.15, 0.2) is 5.70 Å². The molecule has 22 heavy (non-hydrogen) atoms. The topological polar surface area (TPSA) is 38.7 Å². The van der Waals surface area contributed by atoms with Gasteiger partial charge in [0.05, 0.1) is 0 Å². The van der Waals surface area contributed by atoms with Crippen LogP contribution in [0.5, 0.6) is 0 Å². The third-order valence-electron chi connectivity index (χ3n) is 3.11. The average Bonchev–Trinajstić information content (AvgIpc) is 2.89. The minimum absolute atomic E-state index is 0.277. The Labute approximate surface area is 137 Å². The first-order valence-corrected chi connectivity index (χ1v) is 8.18. The van der Waals surface area contributed by atoms with Crippen molar-refractivity contribution in [2.75, 3.05) is 6.26 Å². The number of carbonyl (C=O) groups is 1. The standard InChI is InChI=1S/C17H12ClNO2S/c1-22-14-7-5-11(6-8-14)9-15-17(20)21-16(19-15)12-3-2-4-13(18)10-12/h2-10H,1H3/b15-9-. The van der Waals surface area contributed by atoms with Crippen LogP contribution in [-0.4, -0.2) is 18.1 Å². The summed E-state index contributed by atoms with van der Waals surface area (Å²) in [5.41, 5.74) is 1.87. The number of ether oxygens (including phenoxy) is 1. The second kappa shape index (κ2) is 6.38. The molecule has 3 nitrogen and oxygen atoms in total. The van der Waals surface area contributed by atoms with Crippen molar-refractivity contribution in [1.82, 2.24) is 0 Å². The van der Waals surface area contributed by atoms with Gasteiger partial charge in [-0.15, -0.1) is 11.8 Å². The Morgan fingerprint density at radius 2 is 1.95 bits per heavy atom. The first kappa shape index (κ1) is 14.9. The largest absolute Gasteiger partial charge is 0.402 e. The number of aliphatic imine (C=N–C) groups is 1. The van der Waals surface area contributed by atoms with Crippen molar-refractivity contribution in [2.45, 2.75) is 4.90 Å². The van der Waals surface area contributed by atoms with Crippen LogP contribution in [0.3, 0.4) is 0 Å². The van der Waals surface area contributed by atoms with Gasteiger partial charge in [0, 0.05) is 15.5 Å². The van der Waals surface area contributed by atoms with Crippen LogP contribution in [-0.2, 0) is 9.53 Å². The lowest BCUT2D eigenvalue weighted by atomic mass is 10.2. The maximum Gasteiger partial charge on any atom is 0.363 e. The quantitative estimate of drug-likeness (QED) is 0.476. The summed E-state index contributed by atoms with van der Waals surface area (Å²) in [5, 5.41) is 0.571. The van der Waals surface area contributed by atoms with E-state index in [0.717, 1.165) is 5.56 Å². The van der Waals surface area contributed by atoms with Gasteiger partial charge in [-0.1, -0.05) is 29.8 Å². The van der Waals surface area contributed by atoms with Crippen LogP contribution < -0.4 is 0 Å². The van der Waals surface area contributed by atoms with Crippen molar-refractivity contribution in [3.63, 3.8) is 0 Å². The van der Waals surface area contributed by atoms with Gasteiger partial charge in [0.25, 0.3) is 0 Å². The number of cyclic esters (lactones) is 1. The van der Waals surface area contributed by atoms with Crippen molar-refractivity contribution in [3.8, 4) is 0 Å². The number of rotatable bonds is 3. The van der Waals surface area contributed by atoms with Crippen LogP contribution in [0.15, 0.2) is 64.1 Å². The highest BCUT2D eigenvalue weighted by Gasteiger charge is 2.24. The molecule has 0 fully saturated rings. The third kappa shape index (κ3) is 3.24. The minimum atomic E-state index is -0.455. The number of thioether (sulfide) groups is 1. The molecular formula is C17H12ClNO2S. The van der Waals surface area contributed by atoms with Crippen LogP contribution >= 0.6 is 23.4 Å². The summed E-state index contributed by atoms with van der Waals surface area (Å²) in [6, 6.07) is 14.9. The molecule has 0 spiro atoms. The van der Waals surface area contributed by atoms with Gasteiger partial charge < -0.3 is 4.74 Å². The van der Waals surface area contributed by atoms with E-state index < -0.39 is 5.97 Å². The van der Waals surface area contributed by atoms with Gasteiger partial charge in [0.2, 0.25) is 5.90 Å². The number of hydrogen-bond acceptors (Lipinski definition) is 4. The number of esters is 1. The zero-order valence-electron chi connectivity index (χ0n) is 11.7. The number of carbonyl (C=O) groups excluding carboxylic acids is 1. The Morgan fingerprint density at radius 3 is 2.64 bits per heavy atom. The summed E-state index contributed by atoms with van der Waals surface area (Å²) in [6.07, 6.45) is 3.73. The highest BCUT2D eigenvalue weighted by molar-refractivity contribution is 7.98. The fourth-order valence-electron chi connectivity index (χ4n) is 2.01. The number of benzene rings is 2. The summed E-state index contributed by atoms with van der Waals surface area (Å²) in [7, 11) is 0. The number of hydrogen-bond donors (Lipinski definition) is 0. The molecule has 0 unspecified atom stereocenters. The molecule has 0 N–H and O–H groups in total. The fourth-order valence-corrected chi connectivity index (χ4v) is 2.61. The summed E-state index contributed by atoms with van der Waals surface area (Å²) in [6.45, 7) is 0. The molecule has 5 heteroatoms. The van der Waals surface area contributed by atoms with Crippen LogP contribution in [0, 0.1) is 0 Å². The molecular weight excluding hydrogens is 318 g/mol. The van der Waals surface area contributed by atoms with E-state index in [1.807, 2.05) is 30.5 Å². The van der Waals surface area contributed by atoms with Crippen molar-refractivity contribution in [2.24, 2.45) is 4.99 Å². The van der Waals surface area contributed by atoms with Gasteiger partial charge in [-0.2, -0.15) is 0 Å². The van der Waals surface area contributed by atoms with Crippen LogP contribution in [0.1, 0.15) is 11.1 Å². The molecule has 0 amide bonds. The first-order chi connectivity index (χ1) is 10.7. The highest BCUT2D eigenvalue weighted by atomic mass is 35.5. The maximum atomic E-state index is 11.9. The second-order valence-corrected chi connectivity index (χ2v) is 5.94. The van der Waals surface area contributed by atoms with Gasteiger partial charge in [-0.3, -0.25) is 0 Å². The van der Waals surface area contributed by atoms with E-state index in [1.54, 1.807) is 42.1 Å². The Bertz CT molecular complexity index is 782. The molecule has 0 bridgehead atoms. The molecule has 0 aromatic heterocycles. The van der Waals surface area contributed by atoms with Crippen molar-refractivity contribution >= 4 is 41.3 Å². The molecule has 3 rings (SSSR count). The zero-order chi connectivity index (χ0) is 15.5. The minimum Gasteiger partial charge on any atom is -0.402 e. The first-order valence-electron chi connectivity index (χ1n) is 6.58. The molecule has 0 radical (unpaired) electrons. The van der Waals surface area contributed by atoms with Crippen molar-refractivity contribution < 1.29 is 9.53 Å². The van der Waals surface area contributed by atoms with E-state index >= 15 is 0 Å². The van der Waals surface area contributed by atoms with Crippen molar-refractivity contribution in [3.05, 3.63) is 70.4 Å². The molecule has 1 aliphatic heterocycles. The van der Waals surface area contributed by atoms with E-state index in [1.165, 1.54) is 4.90 Å². The molecule has 1 aliphatic rings. The smallest absolute Gasteiger partial charge is 0.363 e. The normalized spacial score (nSPS) is 15.8. The van der Waals surface area contributed by atoms with E-state index in [2.05, 4.69) is 4.99 Å². The van der Waals surface area contributed by atoms with Crippen LogP contribution in [0.4, 0.5) is 0 Å². The van der Waals surface area contributed by atoms with Gasteiger partial charge in [0.1, 0.15) is 0 Å². The molecule has 0 atom stereocenters. The van der Waals surface area contributed by atoms with E-state index in [4.69, 9.17) is 16.3 Å². The molecule has 2 aromatic carbocycles. The molecule has 1 heterocycles. The molecule has 0 aliphatic carbocycles. The highest BCUT2D eigenvalue weighted by Crippen LogP contribution is 2.22. The van der Waals surface area contributed by atoms with Gasteiger partial charge in [-0.25, -0.2) is 9.79 Å². The Morgan fingerprint density at radius 1 is 1.18 bits per heavy atom. The summed E-state index contributed by atoms with van der Waals surface area (Å²) < 4.78 is 5.21. The lowest BCUT2D eigenvalue weighted by Gasteiger charge is -1.99. The lowest BCUT2D eigenvalue weighted by molar-refractivity contribution is -0.129. The van der Waals surface area contributed by atoms with E-state index in [0.29, 0.717) is 10.6 Å². The van der Waals surface area contributed by atoms with E-state index in [9.17, 15) is 4.79 Å². The summed E-state index contributed by atoms with van der Waals surface area (Å²) >= 11 is 7.61. The monoisotopic (exact) mass is 329 g/mol. The summed E-state index contributed by atoms with van der Waals surface area (Å²) in [5.74, 6) is -0.177. The van der Waals surface area contributed by atoms with Gasteiger partial charge >= 0.3 is 5.97 Å². The Hall–Kier alpha value is -2.04. The Kier molecular flexibility index (Phi) is 4.32. The van der Waals surface area contributed by atoms with E-state index in [-0.39, 0.29) is 11.6 Å². The Balaban J connectivity index is 1.90. The fraction of sp³-hybridized carbons (Fsp3) is 0.0588. The molecule has 0 saturated carbocycles. The summed E-state index contributed by atoms with van der Waals surface area (Å²) in [4.78, 5) is 17.4. The lowest BCUT2D eigenvalue weighted by Crippen LogP contribution is -2.05. The number of halogens is 1. The average molecular weight is 330 g/mol. The molecule has 0 saturated heterocycles. The van der Waals surface area contributed by atoms with Crippen LogP contribution in [0.25, 0.3) is 6.08 Å². The zero-order valence-corrected chi connectivity index (χ0v) is 13.3. The second-order valence-electron chi connectivity index (χ2n) is 4.62. The maximum absolute atomic E-state index is 11.9. The predicted molar refractivity (Wildman–Crippen MR) is 90.3 cm³/mol. The van der Waals surface area contributed by atoms with Gasteiger partial charge in [-0.05, 0) is 48.2 Å².